The summed E-state index contributed by atoms with van der Waals surface area (Å²) in [6.45, 7) is 1.09. The summed E-state index contributed by atoms with van der Waals surface area (Å²) >= 11 is 0. The molecule has 1 saturated heterocycles. The highest BCUT2D eigenvalue weighted by atomic mass is 16.5. The van der Waals surface area contributed by atoms with Crippen LogP contribution in [0.3, 0.4) is 0 Å². The SMILES string of the molecule is COC1=C2[C@H]3[C@H](O)c4ccc(OC)c(O)c4[C@]2(CCN3Cc2ccc(O)cc2)C[C@H](O)[C@@H]1O. The molecule has 8 nitrogen and oxygen atoms in total. The number of aliphatic hydroxyl groups is 3. The van der Waals surface area contributed by atoms with Crippen LogP contribution in [0.4, 0.5) is 0 Å². The Morgan fingerprint density at radius 1 is 0.970 bits per heavy atom. The van der Waals surface area contributed by atoms with E-state index in [2.05, 4.69) is 4.90 Å². The Balaban J connectivity index is 1.72. The molecule has 3 aliphatic rings. The van der Waals surface area contributed by atoms with Crippen LogP contribution in [0.1, 0.15) is 35.6 Å². The fourth-order valence-electron chi connectivity index (χ4n) is 6.11. The molecule has 2 bridgehead atoms. The van der Waals surface area contributed by atoms with Crippen molar-refractivity contribution in [2.75, 3.05) is 20.8 Å². The van der Waals surface area contributed by atoms with Gasteiger partial charge in [-0.15, -0.1) is 0 Å². The smallest absolute Gasteiger partial charge is 0.162 e. The lowest BCUT2D eigenvalue weighted by Gasteiger charge is -2.58. The van der Waals surface area contributed by atoms with Gasteiger partial charge in [0.25, 0.3) is 0 Å². The van der Waals surface area contributed by atoms with Gasteiger partial charge in [0.05, 0.1) is 32.5 Å². The van der Waals surface area contributed by atoms with Gasteiger partial charge in [0.1, 0.15) is 17.6 Å². The normalized spacial score (nSPS) is 31.1. The number of rotatable bonds is 4. The number of nitrogens with zero attached hydrogens (tertiary/aromatic N) is 1. The van der Waals surface area contributed by atoms with Crippen LogP contribution in [0.5, 0.6) is 17.2 Å². The van der Waals surface area contributed by atoms with Crippen molar-refractivity contribution in [2.45, 2.75) is 49.2 Å². The molecular formula is C25H29NO7. The van der Waals surface area contributed by atoms with E-state index in [-0.39, 0.29) is 23.7 Å². The summed E-state index contributed by atoms with van der Waals surface area (Å²) in [4.78, 5) is 2.12. The second kappa shape index (κ2) is 7.92. The Kier molecular flexibility index (Phi) is 5.29. The monoisotopic (exact) mass is 455 g/mol. The Morgan fingerprint density at radius 2 is 1.70 bits per heavy atom. The van der Waals surface area contributed by atoms with Crippen molar-refractivity contribution in [3.8, 4) is 17.2 Å². The number of ether oxygens (including phenoxy) is 2. The number of fused-ring (bicyclic) bond motifs is 1. The van der Waals surface area contributed by atoms with E-state index in [1.54, 1.807) is 24.3 Å². The third kappa shape index (κ3) is 3.13. The Bertz CT molecular complexity index is 1100. The van der Waals surface area contributed by atoms with E-state index in [1.165, 1.54) is 14.2 Å². The van der Waals surface area contributed by atoms with Crippen molar-refractivity contribution in [1.82, 2.24) is 4.90 Å². The van der Waals surface area contributed by atoms with Crippen molar-refractivity contribution in [2.24, 2.45) is 0 Å². The van der Waals surface area contributed by atoms with E-state index in [4.69, 9.17) is 9.47 Å². The highest BCUT2D eigenvalue weighted by molar-refractivity contribution is 5.63. The van der Waals surface area contributed by atoms with Crippen LogP contribution >= 0.6 is 0 Å². The van der Waals surface area contributed by atoms with Gasteiger partial charge in [0, 0.05) is 29.6 Å². The van der Waals surface area contributed by atoms with Gasteiger partial charge in [-0.05, 0) is 42.2 Å². The highest BCUT2D eigenvalue weighted by Crippen LogP contribution is 2.61. The van der Waals surface area contributed by atoms with E-state index in [9.17, 15) is 25.5 Å². The molecule has 0 amide bonds. The molecule has 5 atom stereocenters. The number of phenolic OH excluding ortho intramolecular Hbond substituents is 2. The second-order valence-corrected chi connectivity index (χ2v) is 9.14. The van der Waals surface area contributed by atoms with Crippen LogP contribution in [-0.2, 0) is 16.7 Å². The number of piperidine rings is 1. The molecule has 0 spiro atoms. The maximum atomic E-state index is 11.6. The van der Waals surface area contributed by atoms with Crippen molar-refractivity contribution >= 4 is 0 Å². The molecule has 0 radical (unpaired) electrons. The fraction of sp³-hybridized carbons (Fsp3) is 0.440. The molecule has 0 aromatic heterocycles. The number of likely N-dealkylation sites (tertiary alicyclic amines) is 1. The molecule has 176 valence electrons. The number of aliphatic hydroxyl groups excluding tert-OH is 3. The zero-order valence-corrected chi connectivity index (χ0v) is 18.6. The van der Waals surface area contributed by atoms with Gasteiger partial charge in [0.15, 0.2) is 11.5 Å². The number of aromatic hydroxyl groups is 2. The number of phenols is 2. The third-order valence-corrected chi connectivity index (χ3v) is 7.52. The minimum absolute atomic E-state index is 0.0592. The van der Waals surface area contributed by atoms with E-state index in [0.717, 1.165) is 5.56 Å². The Labute approximate surface area is 191 Å². The first kappa shape index (κ1) is 22.0. The van der Waals surface area contributed by atoms with Gasteiger partial charge in [0.2, 0.25) is 0 Å². The lowest BCUT2D eigenvalue weighted by atomic mass is 9.54. The summed E-state index contributed by atoms with van der Waals surface area (Å²) in [6, 6.07) is 9.79. The number of hydrogen-bond donors (Lipinski definition) is 5. The molecule has 0 unspecified atom stereocenters. The maximum Gasteiger partial charge on any atom is 0.162 e. The largest absolute Gasteiger partial charge is 0.508 e. The van der Waals surface area contributed by atoms with Crippen molar-refractivity contribution in [1.29, 1.82) is 0 Å². The van der Waals surface area contributed by atoms with E-state index < -0.39 is 29.8 Å². The molecule has 5 rings (SSSR count). The molecule has 1 fully saturated rings. The first-order valence-corrected chi connectivity index (χ1v) is 11.1. The first-order chi connectivity index (χ1) is 15.8. The zero-order chi connectivity index (χ0) is 23.5. The molecule has 2 aromatic rings. The average molecular weight is 456 g/mol. The van der Waals surface area contributed by atoms with Gasteiger partial charge in [-0.3, -0.25) is 4.90 Å². The standard InChI is InChI=1S/C25H29NO7/c1-32-17-8-7-15-18(23(17)31)25-9-10-26(12-13-3-5-14(27)6-4-13)20(21(15)29)19(25)24(33-2)22(30)16(28)11-25/h3-8,16,20-22,27-31H,9-12H2,1-2H3/t16-,20-,21+,22-,25-/m0/s1. The minimum atomic E-state index is -1.23. The second-order valence-electron chi connectivity index (χ2n) is 9.14. The summed E-state index contributed by atoms with van der Waals surface area (Å²) in [5.41, 5.74) is 1.96. The van der Waals surface area contributed by atoms with Gasteiger partial charge < -0.3 is 35.0 Å². The predicted molar refractivity (Wildman–Crippen MR) is 119 cm³/mol. The van der Waals surface area contributed by atoms with Gasteiger partial charge in [-0.25, -0.2) is 0 Å². The van der Waals surface area contributed by atoms with Crippen molar-refractivity contribution in [3.05, 3.63) is 64.4 Å². The van der Waals surface area contributed by atoms with Crippen LogP contribution in [0.2, 0.25) is 0 Å². The third-order valence-electron chi connectivity index (χ3n) is 7.52. The quantitative estimate of drug-likeness (QED) is 0.472. The lowest BCUT2D eigenvalue weighted by molar-refractivity contribution is -0.0536. The highest BCUT2D eigenvalue weighted by Gasteiger charge is 2.60. The molecule has 2 aromatic carbocycles. The summed E-state index contributed by atoms with van der Waals surface area (Å²) in [7, 11) is 2.92. The van der Waals surface area contributed by atoms with Crippen LogP contribution in [-0.4, -0.2) is 69.4 Å². The van der Waals surface area contributed by atoms with Crippen LogP contribution in [0, 0.1) is 0 Å². The van der Waals surface area contributed by atoms with E-state index in [1.807, 2.05) is 12.1 Å². The summed E-state index contributed by atoms with van der Waals surface area (Å²) in [6.07, 6.45) is -2.56. The molecule has 2 aliphatic carbocycles. The topological polar surface area (TPSA) is 123 Å². The molecule has 5 N–H and O–H groups in total. The Morgan fingerprint density at radius 3 is 2.36 bits per heavy atom. The van der Waals surface area contributed by atoms with Gasteiger partial charge in [-0.1, -0.05) is 18.2 Å². The van der Waals surface area contributed by atoms with E-state index in [0.29, 0.717) is 42.0 Å². The van der Waals surface area contributed by atoms with Crippen LogP contribution < -0.4 is 4.74 Å². The number of benzene rings is 2. The number of hydrogen-bond acceptors (Lipinski definition) is 8. The summed E-state index contributed by atoms with van der Waals surface area (Å²) in [5, 5.41) is 54.0. The molecule has 1 heterocycles. The predicted octanol–water partition coefficient (Wildman–Crippen LogP) is 1.69. The van der Waals surface area contributed by atoms with Crippen LogP contribution in [0.15, 0.2) is 47.7 Å². The average Bonchev–Trinajstić information content (AvgIpc) is 2.80. The van der Waals surface area contributed by atoms with Crippen molar-refractivity contribution < 1.29 is 35.0 Å². The Hall–Kier alpha value is -2.78. The van der Waals surface area contributed by atoms with Crippen molar-refractivity contribution in [3.63, 3.8) is 0 Å². The van der Waals surface area contributed by atoms with Crippen LogP contribution in [0.25, 0.3) is 0 Å². The van der Waals surface area contributed by atoms with Gasteiger partial charge in [-0.2, -0.15) is 0 Å². The molecule has 1 aliphatic heterocycles. The molecule has 33 heavy (non-hydrogen) atoms. The number of methoxy groups -OCH3 is 2. The van der Waals surface area contributed by atoms with Gasteiger partial charge >= 0.3 is 0 Å². The molecular weight excluding hydrogens is 426 g/mol. The lowest BCUT2D eigenvalue weighted by Crippen LogP contribution is -2.61. The summed E-state index contributed by atoms with van der Waals surface area (Å²) in [5.74, 6) is 0.651. The first-order valence-electron chi connectivity index (χ1n) is 11.1. The summed E-state index contributed by atoms with van der Waals surface area (Å²) < 4.78 is 11.0. The maximum absolute atomic E-state index is 11.6. The molecule has 0 saturated carbocycles. The minimum Gasteiger partial charge on any atom is -0.508 e. The fourth-order valence-corrected chi connectivity index (χ4v) is 6.11. The molecule has 8 heteroatoms. The zero-order valence-electron chi connectivity index (χ0n) is 18.6. The van der Waals surface area contributed by atoms with E-state index >= 15 is 0 Å².